The minimum absolute atomic E-state index is 0.160. The third-order valence-electron chi connectivity index (χ3n) is 2.66. The highest BCUT2D eigenvalue weighted by atomic mass is 79.9. The van der Waals surface area contributed by atoms with E-state index in [1.807, 2.05) is 13.0 Å². The molecule has 0 amide bonds. The standard InChI is InChI=1S/C15H11Br2ClO2/c1-2-20-14-6-4-9(16)7-12(14)15(19)11-5-3-10(17)8-13(11)18/h3-8H,2H2,1H3. The summed E-state index contributed by atoms with van der Waals surface area (Å²) in [5.74, 6) is 0.395. The predicted octanol–water partition coefficient (Wildman–Crippen LogP) is 5.49. The number of hydrogen-bond donors (Lipinski definition) is 0. The van der Waals surface area contributed by atoms with Crippen molar-refractivity contribution in [2.75, 3.05) is 6.61 Å². The highest BCUT2D eigenvalue weighted by Gasteiger charge is 2.18. The van der Waals surface area contributed by atoms with Gasteiger partial charge in [-0.2, -0.15) is 0 Å². The minimum atomic E-state index is -0.160. The Balaban J connectivity index is 2.49. The lowest BCUT2D eigenvalue weighted by Crippen LogP contribution is -2.06. The summed E-state index contributed by atoms with van der Waals surface area (Å²) >= 11 is 12.8. The number of rotatable bonds is 4. The van der Waals surface area contributed by atoms with Crippen LogP contribution in [0.5, 0.6) is 5.75 Å². The van der Waals surface area contributed by atoms with Gasteiger partial charge in [-0.05, 0) is 43.3 Å². The summed E-state index contributed by atoms with van der Waals surface area (Å²) in [7, 11) is 0. The predicted molar refractivity (Wildman–Crippen MR) is 87.9 cm³/mol. The third-order valence-corrected chi connectivity index (χ3v) is 3.96. The molecule has 2 aromatic carbocycles. The van der Waals surface area contributed by atoms with Crippen molar-refractivity contribution >= 4 is 49.2 Å². The molecule has 2 aromatic rings. The number of carbonyl (C=O) groups is 1. The van der Waals surface area contributed by atoms with Crippen LogP contribution in [0, 0.1) is 0 Å². The summed E-state index contributed by atoms with van der Waals surface area (Å²) in [4.78, 5) is 12.6. The van der Waals surface area contributed by atoms with Gasteiger partial charge in [0.25, 0.3) is 0 Å². The van der Waals surface area contributed by atoms with E-state index < -0.39 is 0 Å². The molecule has 104 valence electrons. The Morgan fingerprint density at radius 1 is 1.10 bits per heavy atom. The van der Waals surface area contributed by atoms with Gasteiger partial charge in [-0.25, -0.2) is 0 Å². The fraction of sp³-hybridized carbons (Fsp3) is 0.133. The van der Waals surface area contributed by atoms with E-state index in [9.17, 15) is 4.79 Å². The third kappa shape index (κ3) is 3.43. The number of ether oxygens (including phenoxy) is 1. The minimum Gasteiger partial charge on any atom is -0.493 e. The van der Waals surface area contributed by atoms with Gasteiger partial charge in [-0.15, -0.1) is 0 Å². The second-order valence-electron chi connectivity index (χ2n) is 4.03. The molecular weight excluding hydrogens is 407 g/mol. The van der Waals surface area contributed by atoms with E-state index in [0.717, 1.165) is 8.95 Å². The first-order valence-electron chi connectivity index (χ1n) is 5.95. The average Bonchev–Trinajstić information content (AvgIpc) is 2.40. The van der Waals surface area contributed by atoms with Crippen LogP contribution >= 0.6 is 43.5 Å². The monoisotopic (exact) mass is 416 g/mol. The van der Waals surface area contributed by atoms with Crippen LogP contribution in [-0.4, -0.2) is 12.4 Å². The first-order chi connectivity index (χ1) is 9.52. The zero-order valence-corrected chi connectivity index (χ0v) is 14.5. The molecule has 2 nitrogen and oxygen atoms in total. The topological polar surface area (TPSA) is 26.3 Å². The van der Waals surface area contributed by atoms with Crippen LogP contribution in [-0.2, 0) is 0 Å². The van der Waals surface area contributed by atoms with Gasteiger partial charge >= 0.3 is 0 Å². The first kappa shape index (κ1) is 15.5. The second kappa shape index (κ2) is 6.74. The molecular formula is C15H11Br2ClO2. The molecule has 2 rings (SSSR count). The maximum atomic E-state index is 12.6. The molecule has 0 radical (unpaired) electrons. The molecule has 0 aliphatic carbocycles. The van der Waals surface area contributed by atoms with Crippen molar-refractivity contribution in [2.45, 2.75) is 6.92 Å². The fourth-order valence-electron chi connectivity index (χ4n) is 1.78. The summed E-state index contributed by atoms with van der Waals surface area (Å²) < 4.78 is 7.15. The lowest BCUT2D eigenvalue weighted by Gasteiger charge is -2.11. The van der Waals surface area contributed by atoms with Gasteiger partial charge in [0.05, 0.1) is 17.2 Å². The van der Waals surface area contributed by atoms with Gasteiger partial charge in [0.2, 0.25) is 0 Å². The van der Waals surface area contributed by atoms with Crippen molar-refractivity contribution in [3.8, 4) is 5.75 Å². The van der Waals surface area contributed by atoms with Gasteiger partial charge in [0, 0.05) is 14.5 Å². The highest BCUT2D eigenvalue weighted by molar-refractivity contribution is 9.10. The van der Waals surface area contributed by atoms with E-state index >= 15 is 0 Å². The number of halogens is 3. The summed E-state index contributed by atoms with van der Waals surface area (Å²) in [6.45, 7) is 2.37. The molecule has 0 aromatic heterocycles. The van der Waals surface area contributed by atoms with Gasteiger partial charge in [-0.1, -0.05) is 43.5 Å². The Morgan fingerprint density at radius 3 is 2.40 bits per heavy atom. The molecule has 0 aliphatic rings. The van der Waals surface area contributed by atoms with Crippen LogP contribution in [0.3, 0.4) is 0 Å². The number of ketones is 1. The van der Waals surface area contributed by atoms with E-state index in [1.54, 1.807) is 30.3 Å². The van der Waals surface area contributed by atoms with Crippen molar-refractivity contribution < 1.29 is 9.53 Å². The van der Waals surface area contributed by atoms with E-state index in [1.165, 1.54) is 0 Å². The smallest absolute Gasteiger partial charge is 0.198 e. The van der Waals surface area contributed by atoms with Crippen molar-refractivity contribution in [1.29, 1.82) is 0 Å². The molecule has 0 atom stereocenters. The lowest BCUT2D eigenvalue weighted by atomic mass is 10.0. The van der Waals surface area contributed by atoms with E-state index in [-0.39, 0.29) is 5.78 Å². The zero-order chi connectivity index (χ0) is 14.7. The van der Waals surface area contributed by atoms with Gasteiger partial charge in [-0.3, -0.25) is 4.79 Å². The molecule has 0 unspecified atom stereocenters. The zero-order valence-electron chi connectivity index (χ0n) is 10.6. The van der Waals surface area contributed by atoms with Crippen LogP contribution in [0.25, 0.3) is 0 Å². The molecule has 0 saturated heterocycles. The number of carbonyl (C=O) groups excluding carboxylic acids is 1. The van der Waals surface area contributed by atoms with Crippen molar-refractivity contribution in [1.82, 2.24) is 0 Å². The van der Waals surface area contributed by atoms with Crippen LogP contribution < -0.4 is 4.74 Å². The Kier molecular flexibility index (Phi) is 5.24. The molecule has 0 spiro atoms. The van der Waals surface area contributed by atoms with E-state index in [0.29, 0.717) is 28.5 Å². The largest absolute Gasteiger partial charge is 0.493 e. The Morgan fingerprint density at radius 2 is 1.75 bits per heavy atom. The molecule has 0 fully saturated rings. The van der Waals surface area contributed by atoms with Crippen LogP contribution in [0.1, 0.15) is 22.8 Å². The van der Waals surface area contributed by atoms with E-state index in [4.69, 9.17) is 16.3 Å². The average molecular weight is 419 g/mol. The van der Waals surface area contributed by atoms with Gasteiger partial charge in [0.1, 0.15) is 5.75 Å². The molecule has 0 heterocycles. The van der Waals surface area contributed by atoms with E-state index in [2.05, 4.69) is 31.9 Å². The van der Waals surface area contributed by atoms with Crippen molar-refractivity contribution in [3.05, 3.63) is 61.5 Å². The molecule has 0 N–H and O–H groups in total. The van der Waals surface area contributed by atoms with Gasteiger partial charge < -0.3 is 4.74 Å². The summed E-state index contributed by atoms with van der Waals surface area (Å²) in [6, 6.07) is 10.5. The Bertz CT molecular complexity index is 656. The number of benzene rings is 2. The summed E-state index contributed by atoms with van der Waals surface area (Å²) in [6.07, 6.45) is 0. The quantitative estimate of drug-likeness (QED) is 0.614. The normalized spacial score (nSPS) is 10.4. The highest BCUT2D eigenvalue weighted by Crippen LogP contribution is 2.29. The Labute approximate surface area is 139 Å². The summed E-state index contributed by atoms with van der Waals surface area (Å²) in [5.41, 5.74) is 0.944. The van der Waals surface area contributed by atoms with Gasteiger partial charge in [0.15, 0.2) is 5.78 Å². The van der Waals surface area contributed by atoms with Crippen LogP contribution in [0.15, 0.2) is 45.3 Å². The molecule has 20 heavy (non-hydrogen) atoms. The maximum Gasteiger partial charge on any atom is 0.198 e. The maximum absolute atomic E-state index is 12.6. The second-order valence-corrected chi connectivity index (χ2v) is 6.27. The summed E-state index contributed by atoms with van der Waals surface area (Å²) in [5, 5.41) is 0.409. The Hall–Kier alpha value is -0.840. The van der Waals surface area contributed by atoms with Crippen LogP contribution in [0.2, 0.25) is 5.02 Å². The van der Waals surface area contributed by atoms with Crippen molar-refractivity contribution in [3.63, 3.8) is 0 Å². The fourth-order valence-corrected chi connectivity index (χ4v) is 2.90. The molecule has 0 aliphatic heterocycles. The SMILES string of the molecule is CCOc1ccc(Br)cc1C(=O)c1ccc(Br)cc1Cl. The van der Waals surface area contributed by atoms with Crippen molar-refractivity contribution in [2.24, 2.45) is 0 Å². The molecule has 5 heteroatoms. The lowest BCUT2D eigenvalue weighted by molar-refractivity contribution is 0.103. The molecule has 0 bridgehead atoms. The first-order valence-corrected chi connectivity index (χ1v) is 7.91. The van der Waals surface area contributed by atoms with Crippen LogP contribution in [0.4, 0.5) is 0 Å². The molecule has 0 saturated carbocycles. The number of hydrogen-bond acceptors (Lipinski definition) is 2.